The number of methoxy groups -OCH3 is 1. The zero-order chi connectivity index (χ0) is 24.9. The van der Waals surface area contributed by atoms with Crippen molar-refractivity contribution < 1.29 is 32.5 Å². The number of rotatable bonds is 4. The summed E-state index contributed by atoms with van der Waals surface area (Å²) in [5.74, 6) is -0.269. The van der Waals surface area contributed by atoms with Crippen LogP contribution in [0.25, 0.3) is 11.1 Å². The fourth-order valence-corrected chi connectivity index (χ4v) is 3.89. The molecule has 3 aromatic carbocycles. The zero-order valence-corrected chi connectivity index (χ0v) is 18.6. The molecule has 0 bridgehead atoms. The van der Waals surface area contributed by atoms with Gasteiger partial charge >= 0.3 is 6.18 Å². The molecule has 0 saturated heterocycles. The van der Waals surface area contributed by atoms with Gasteiger partial charge in [0.1, 0.15) is 12.4 Å². The highest BCUT2D eigenvalue weighted by Gasteiger charge is 2.43. The SMILES string of the molecule is COc1ccc(C2(c3cccc(-c4cccc(Cl)c4)c3)COC(N)=N2)cc1C(F)(F)F.O=CO. The summed E-state index contributed by atoms with van der Waals surface area (Å²) >= 11 is 6.12. The van der Waals surface area contributed by atoms with Crippen LogP contribution >= 0.6 is 11.6 Å². The number of aliphatic imine (C=N–C) groups is 1. The molecule has 1 heterocycles. The van der Waals surface area contributed by atoms with Gasteiger partial charge < -0.3 is 20.3 Å². The fourth-order valence-electron chi connectivity index (χ4n) is 3.70. The van der Waals surface area contributed by atoms with Gasteiger partial charge in [-0.05, 0) is 52.6 Å². The van der Waals surface area contributed by atoms with Gasteiger partial charge in [0.25, 0.3) is 12.5 Å². The largest absolute Gasteiger partial charge is 0.496 e. The van der Waals surface area contributed by atoms with E-state index in [1.807, 2.05) is 36.4 Å². The van der Waals surface area contributed by atoms with Crippen LogP contribution in [0.15, 0.2) is 71.7 Å². The number of ether oxygens (including phenoxy) is 2. The molecule has 1 aliphatic rings. The molecule has 0 saturated carbocycles. The highest BCUT2D eigenvalue weighted by Crippen LogP contribution is 2.43. The van der Waals surface area contributed by atoms with Gasteiger partial charge in [0.2, 0.25) is 0 Å². The maximum Gasteiger partial charge on any atom is 0.419 e. The number of amidine groups is 1. The first-order valence-corrected chi connectivity index (χ1v) is 10.2. The maximum atomic E-state index is 13.6. The molecular formula is C24H20ClF3N2O4. The molecule has 0 amide bonds. The molecule has 0 spiro atoms. The van der Waals surface area contributed by atoms with Crippen molar-refractivity contribution in [2.45, 2.75) is 11.7 Å². The highest BCUT2D eigenvalue weighted by molar-refractivity contribution is 6.30. The van der Waals surface area contributed by atoms with Crippen molar-refractivity contribution in [3.05, 3.63) is 88.4 Å². The second-order valence-corrected chi connectivity index (χ2v) is 7.64. The third-order valence-corrected chi connectivity index (χ3v) is 5.45. The summed E-state index contributed by atoms with van der Waals surface area (Å²) in [5.41, 5.74) is 6.32. The topological polar surface area (TPSA) is 94.1 Å². The number of benzene rings is 3. The van der Waals surface area contributed by atoms with E-state index in [0.29, 0.717) is 16.1 Å². The van der Waals surface area contributed by atoms with E-state index in [9.17, 15) is 13.2 Å². The Labute approximate surface area is 198 Å². The summed E-state index contributed by atoms with van der Waals surface area (Å²) in [4.78, 5) is 12.8. The molecule has 3 aromatic rings. The monoisotopic (exact) mass is 492 g/mol. The van der Waals surface area contributed by atoms with Crippen LogP contribution in [0, 0.1) is 0 Å². The van der Waals surface area contributed by atoms with Gasteiger partial charge in [-0.3, -0.25) is 4.79 Å². The maximum absolute atomic E-state index is 13.6. The van der Waals surface area contributed by atoms with Gasteiger partial charge in [0, 0.05) is 5.02 Å². The fraction of sp³-hybridized carbons (Fsp3) is 0.167. The lowest BCUT2D eigenvalue weighted by atomic mass is 9.82. The van der Waals surface area contributed by atoms with Gasteiger partial charge in [0.15, 0.2) is 5.54 Å². The van der Waals surface area contributed by atoms with E-state index in [1.165, 1.54) is 13.2 Å². The first kappa shape index (κ1) is 24.9. The van der Waals surface area contributed by atoms with Gasteiger partial charge in [0.05, 0.1) is 12.7 Å². The Morgan fingerprint density at radius 2 is 1.71 bits per heavy atom. The Hall–Kier alpha value is -3.72. The summed E-state index contributed by atoms with van der Waals surface area (Å²) in [5, 5.41) is 7.47. The predicted molar refractivity (Wildman–Crippen MR) is 122 cm³/mol. The number of halogens is 4. The first-order valence-electron chi connectivity index (χ1n) is 9.83. The average molecular weight is 493 g/mol. The number of nitrogens with zero attached hydrogens (tertiary/aromatic N) is 1. The molecule has 1 atom stereocenters. The molecule has 0 aliphatic carbocycles. The van der Waals surface area contributed by atoms with Crippen LogP contribution in [0.1, 0.15) is 16.7 Å². The van der Waals surface area contributed by atoms with Gasteiger partial charge in [-0.2, -0.15) is 13.2 Å². The molecule has 0 aromatic heterocycles. The Balaban J connectivity index is 0.00000103. The lowest BCUT2D eigenvalue weighted by Crippen LogP contribution is -2.28. The summed E-state index contributed by atoms with van der Waals surface area (Å²) in [6.07, 6.45) is -4.60. The van der Waals surface area contributed by atoms with Crippen LogP contribution in [-0.2, 0) is 21.2 Å². The summed E-state index contributed by atoms with van der Waals surface area (Å²) in [7, 11) is 1.20. The first-order chi connectivity index (χ1) is 16.1. The van der Waals surface area contributed by atoms with E-state index < -0.39 is 17.3 Å². The number of carbonyl (C=O) groups is 1. The molecule has 34 heavy (non-hydrogen) atoms. The number of hydrogen-bond donors (Lipinski definition) is 2. The van der Waals surface area contributed by atoms with Gasteiger partial charge in [-0.15, -0.1) is 0 Å². The molecule has 3 N–H and O–H groups in total. The molecule has 178 valence electrons. The molecule has 1 aliphatic heterocycles. The van der Waals surface area contributed by atoms with Crippen molar-refractivity contribution in [3.63, 3.8) is 0 Å². The molecule has 10 heteroatoms. The predicted octanol–water partition coefficient (Wildman–Crippen LogP) is 5.32. The van der Waals surface area contributed by atoms with Crippen molar-refractivity contribution in [2.24, 2.45) is 10.7 Å². The smallest absolute Gasteiger partial charge is 0.419 e. The number of nitrogens with two attached hydrogens (primary N) is 1. The minimum absolute atomic E-state index is 0.0263. The van der Waals surface area contributed by atoms with Crippen LogP contribution in [-0.4, -0.2) is 31.3 Å². The van der Waals surface area contributed by atoms with Crippen molar-refractivity contribution in [2.75, 3.05) is 13.7 Å². The lowest BCUT2D eigenvalue weighted by Gasteiger charge is -2.27. The number of carboxylic acid groups (broad SMARTS) is 1. The lowest BCUT2D eigenvalue weighted by molar-refractivity contribution is -0.138. The van der Waals surface area contributed by atoms with Crippen LogP contribution in [0.2, 0.25) is 5.02 Å². The molecular weight excluding hydrogens is 473 g/mol. The zero-order valence-electron chi connectivity index (χ0n) is 17.8. The highest BCUT2D eigenvalue weighted by atomic mass is 35.5. The number of hydrogen-bond acceptors (Lipinski definition) is 5. The third-order valence-electron chi connectivity index (χ3n) is 5.21. The van der Waals surface area contributed by atoms with Crippen LogP contribution in [0.5, 0.6) is 5.75 Å². The van der Waals surface area contributed by atoms with E-state index in [4.69, 9.17) is 36.7 Å². The van der Waals surface area contributed by atoms with Crippen molar-refractivity contribution in [1.82, 2.24) is 0 Å². The minimum atomic E-state index is -4.60. The standard InChI is InChI=1S/C23H18ClF3N2O2.CH2O2/c1-30-20-9-8-17(12-19(20)23(25,26)27)22(13-31-21(28)29-22)16-6-2-4-14(10-16)15-5-3-7-18(24)11-15;2-1-3/h2-12H,13H2,1H3,(H2,28,29);1H,(H,2,3). The summed E-state index contributed by atoms with van der Waals surface area (Å²) in [6.45, 7) is -0.276. The second-order valence-electron chi connectivity index (χ2n) is 7.21. The van der Waals surface area contributed by atoms with Crippen molar-refractivity contribution >= 4 is 24.1 Å². The van der Waals surface area contributed by atoms with Crippen LogP contribution in [0.3, 0.4) is 0 Å². The van der Waals surface area contributed by atoms with E-state index in [2.05, 4.69) is 4.99 Å². The molecule has 0 radical (unpaired) electrons. The Morgan fingerprint density at radius 1 is 1.09 bits per heavy atom. The molecule has 6 nitrogen and oxygen atoms in total. The second kappa shape index (κ2) is 10.0. The van der Waals surface area contributed by atoms with Gasteiger partial charge in [-0.25, -0.2) is 4.99 Å². The Morgan fingerprint density at radius 3 is 2.26 bits per heavy atom. The van der Waals surface area contributed by atoms with Gasteiger partial charge in [-0.1, -0.05) is 48.0 Å². The summed E-state index contributed by atoms with van der Waals surface area (Å²) < 4.78 is 51.3. The Bertz CT molecular complexity index is 1220. The van der Waals surface area contributed by atoms with E-state index in [-0.39, 0.29) is 24.9 Å². The van der Waals surface area contributed by atoms with E-state index in [0.717, 1.165) is 17.2 Å². The third kappa shape index (κ3) is 5.09. The van der Waals surface area contributed by atoms with Crippen LogP contribution < -0.4 is 10.5 Å². The van der Waals surface area contributed by atoms with E-state index >= 15 is 0 Å². The average Bonchev–Trinajstić information content (AvgIpc) is 3.21. The molecule has 1 unspecified atom stereocenters. The van der Waals surface area contributed by atoms with E-state index in [1.54, 1.807) is 18.2 Å². The quantitative estimate of drug-likeness (QED) is 0.480. The summed E-state index contributed by atoms with van der Waals surface area (Å²) in [6, 6.07) is 18.4. The minimum Gasteiger partial charge on any atom is -0.496 e. The van der Waals surface area contributed by atoms with Crippen molar-refractivity contribution in [3.8, 4) is 16.9 Å². The van der Waals surface area contributed by atoms with Crippen molar-refractivity contribution in [1.29, 1.82) is 0 Å². The number of alkyl halides is 3. The van der Waals surface area contributed by atoms with Crippen LogP contribution in [0.4, 0.5) is 13.2 Å². The Kier molecular flexibility index (Phi) is 7.36. The molecule has 0 fully saturated rings. The normalized spacial score (nSPS) is 17.1. The molecule has 4 rings (SSSR count).